The summed E-state index contributed by atoms with van der Waals surface area (Å²) in [6.45, 7) is 4.11. The predicted octanol–water partition coefficient (Wildman–Crippen LogP) is 6.30. The van der Waals surface area contributed by atoms with Gasteiger partial charge in [-0.15, -0.1) is 0 Å². The lowest BCUT2D eigenvalue weighted by atomic mass is 9.90. The number of hydrogen-bond donors (Lipinski definition) is 1. The molecule has 0 amide bonds. The van der Waals surface area contributed by atoms with E-state index in [4.69, 9.17) is 9.47 Å². The molecule has 1 N–H and O–H groups in total. The minimum absolute atomic E-state index is 0.0661. The van der Waals surface area contributed by atoms with Gasteiger partial charge in [0.15, 0.2) is 0 Å². The summed E-state index contributed by atoms with van der Waals surface area (Å²) in [5.74, 6) is -1.36. The number of carbonyl (C=O) groups excluding carboxylic acids is 2. The molecule has 0 saturated heterocycles. The molecule has 0 aliphatic carbocycles. The normalized spacial score (nSPS) is 10.7. The Labute approximate surface area is 186 Å². The number of unbranched alkanes of at least 4 members (excludes halogenated alkanes) is 4. The van der Waals surface area contributed by atoms with Gasteiger partial charge in [0.25, 0.3) is 0 Å². The number of benzene rings is 2. The van der Waals surface area contributed by atoms with Gasteiger partial charge in [-0.05, 0) is 43.5 Å². The quantitative estimate of drug-likeness (QED) is 0.321. The van der Waals surface area contributed by atoms with Crippen LogP contribution in [0.1, 0.15) is 72.2 Å². The van der Waals surface area contributed by atoms with Crippen LogP contribution in [0.15, 0.2) is 34.8 Å². The zero-order valence-electron chi connectivity index (χ0n) is 17.8. The first kappa shape index (κ1) is 23.9. The molecule has 162 valence electrons. The lowest BCUT2D eigenvalue weighted by Gasteiger charge is -2.18. The molecule has 2 aromatic rings. The van der Waals surface area contributed by atoms with Crippen molar-refractivity contribution in [3.8, 4) is 16.9 Å². The van der Waals surface area contributed by atoms with Gasteiger partial charge in [-0.1, -0.05) is 60.7 Å². The number of methoxy groups -OCH3 is 1. The monoisotopic (exact) mass is 476 g/mol. The first-order valence-electron chi connectivity index (χ1n) is 10.3. The molecular weight excluding hydrogens is 448 g/mol. The summed E-state index contributed by atoms with van der Waals surface area (Å²) in [7, 11) is 1.27. The van der Waals surface area contributed by atoms with Crippen molar-refractivity contribution >= 4 is 27.9 Å². The molecule has 0 atom stereocenters. The van der Waals surface area contributed by atoms with Gasteiger partial charge in [-0.3, -0.25) is 0 Å². The molecule has 30 heavy (non-hydrogen) atoms. The van der Waals surface area contributed by atoms with E-state index in [0.717, 1.165) is 36.6 Å². The number of aromatic hydroxyl groups is 1. The number of rotatable bonds is 10. The maximum absolute atomic E-state index is 12.7. The Morgan fingerprint density at radius 2 is 1.67 bits per heavy atom. The molecule has 0 unspecified atom stereocenters. The van der Waals surface area contributed by atoms with Gasteiger partial charge < -0.3 is 14.6 Å². The lowest BCUT2D eigenvalue weighted by molar-refractivity contribution is 0.0521. The zero-order chi connectivity index (χ0) is 22.1. The molecule has 0 saturated carbocycles. The molecule has 2 rings (SSSR count). The Bertz CT molecular complexity index is 874. The van der Waals surface area contributed by atoms with Crippen LogP contribution in [-0.4, -0.2) is 30.8 Å². The van der Waals surface area contributed by atoms with Crippen LogP contribution in [0.25, 0.3) is 11.1 Å². The third kappa shape index (κ3) is 5.85. The Balaban J connectivity index is 2.60. The van der Waals surface area contributed by atoms with E-state index in [-0.39, 0.29) is 23.5 Å². The average Bonchev–Trinajstić information content (AvgIpc) is 2.74. The van der Waals surface area contributed by atoms with Crippen LogP contribution < -0.4 is 0 Å². The van der Waals surface area contributed by atoms with Crippen molar-refractivity contribution in [1.29, 1.82) is 0 Å². The van der Waals surface area contributed by atoms with Gasteiger partial charge in [0.05, 0.1) is 19.3 Å². The number of esters is 2. The van der Waals surface area contributed by atoms with E-state index in [1.54, 1.807) is 13.0 Å². The summed E-state index contributed by atoms with van der Waals surface area (Å²) in [5, 5.41) is 11.1. The highest BCUT2D eigenvalue weighted by atomic mass is 79.9. The lowest BCUT2D eigenvalue weighted by Crippen LogP contribution is -2.13. The molecule has 0 radical (unpaired) electrons. The maximum atomic E-state index is 12.7. The Hall–Kier alpha value is -2.34. The average molecular weight is 477 g/mol. The third-order valence-electron chi connectivity index (χ3n) is 4.98. The summed E-state index contributed by atoms with van der Waals surface area (Å²) < 4.78 is 11.0. The van der Waals surface area contributed by atoms with Gasteiger partial charge in [0.1, 0.15) is 11.3 Å². The number of ether oxygens (including phenoxy) is 2. The molecule has 0 heterocycles. The molecule has 0 fully saturated rings. The van der Waals surface area contributed by atoms with E-state index in [1.165, 1.54) is 7.11 Å². The van der Waals surface area contributed by atoms with Crippen molar-refractivity contribution in [2.24, 2.45) is 0 Å². The predicted molar refractivity (Wildman–Crippen MR) is 121 cm³/mol. The summed E-state index contributed by atoms with van der Waals surface area (Å²) in [6, 6.07) is 8.92. The Kier molecular flexibility index (Phi) is 9.37. The molecule has 0 aliphatic rings. The topological polar surface area (TPSA) is 72.8 Å². The van der Waals surface area contributed by atoms with Gasteiger partial charge in [0.2, 0.25) is 0 Å². The van der Waals surface area contributed by atoms with Crippen LogP contribution in [0, 0.1) is 0 Å². The van der Waals surface area contributed by atoms with Crippen LogP contribution in [-0.2, 0) is 15.9 Å². The number of halogens is 1. The van der Waals surface area contributed by atoms with Crippen LogP contribution in [0.2, 0.25) is 0 Å². The van der Waals surface area contributed by atoms with Gasteiger partial charge >= 0.3 is 11.9 Å². The van der Waals surface area contributed by atoms with Crippen LogP contribution in [0.3, 0.4) is 0 Å². The maximum Gasteiger partial charge on any atom is 0.342 e. The SMILES string of the molecule is CCCCCCCc1c(C(=O)OCC)cc(-c2ccc(Br)cc2)c(C(=O)OC)c1O. The molecule has 0 spiro atoms. The molecule has 0 bridgehead atoms. The van der Waals surface area contributed by atoms with Crippen molar-refractivity contribution in [3.63, 3.8) is 0 Å². The Morgan fingerprint density at radius 3 is 2.27 bits per heavy atom. The number of carbonyl (C=O) groups is 2. The van der Waals surface area contributed by atoms with E-state index in [0.29, 0.717) is 23.1 Å². The summed E-state index contributed by atoms with van der Waals surface area (Å²) in [4.78, 5) is 25.2. The summed E-state index contributed by atoms with van der Waals surface area (Å²) in [5.41, 5.74) is 1.91. The van der Waals surface area contributed by atoms with E-state index in [9.17, 15) is 14.7 Å². The molecule has 2 aromatic carbocycles. The zero-order valence-corrected chi connectivity index (χ0v) is 19.4. The summed E-state index contributed by atoms with van der Waals surface area (Å²) in [6.07, 6.45) is 5.64. The Morgan fingerprint density at radius 1 is 1.00 bits per heavy atom. The minimum atomic E-state index is -0.645. The van der Waals surface area contributed by atoms with Crippen molar-refractivity contribution in [2.75, 3.05) is 13.7 Å². The van der Waals surface area contributed by atoms with Crippen LogP contribution in [0.5, 0.6) is 5.75 Å². The fourth-order valence-electron chi connectivity index (χ4n) is 3.42. The van der Waals surface area contributed by atoms with Gasteiger partial charge in [-0.2, -0.15) is 0 Å². The first-order valence-corrected chi connectivity index (χ1v) is 11.1. The number of phenols is 1. The minimum Gasteiger partial charge on any atom is -0.507 e. The van der Waals surface area contributed by atoms with Crippen molar-refractivity contribution in [3.05, 3.63) is 51.5 Å². The fourth-order valence-corrected chi connectivity index (χ4v) is 3.69. The smallest absolute Gasteiger partial charge is 0.342 e. The first-order chi connectivity index (χ1) is 14.4. The van der Waals surface area contributed by atoms with E-state index in [2.05, 4.69) is 22.9 Å². The largest absolute Gasteiger partial charge is 0.507 e. The van der Waals surface area contributed by atoms with Crippen LogP contribution in [0.4, 0.5) is 0 Å². The van der Waals surface area contributed by atoms with E-state index < -0.39 is 11.9 Å². The number of phenolic OH excluding ortho intramolecular Hbond substituents is 1. The highest BCUT2D eigenvalue weighted by molar-refractivity contribution is 9.10. The highest BCUT2D eigenvalue weighted by Gasteiger charge is 2.27. The fraction of sp³-hybridized carbons (Fsp3) is 0.417. The van der Waals surface area contributed by atoms with Crippen LogP contribution >= 0.6 is 15.9 Å². The second-order valence-electron chi connectivity index (χ2n) is 7.06. The second-order valence-corrected chi connectivity index (χ2v) is 7.97. The number of hydrogen-bond acceptors (Lipinski definition) is 5. The molecule has 5 nitrogen and oxygen atoms in total. The van der Waals surface area contributed by atoms with Crippen molar-refractivity contribution in [2.45, 2.75) is 52.4 Å². The highest BCUT2D eigenvalue weighted by Crippen LogP contribution is 2.38. The third-order valence-corrected chi connectivity index (χ3v) is 5.50. The van der Waals surface area contributed by atoms with E-state index >= 15 is 0 Å². The standard InChI is InChI=1S/C24H29BrO5/c1-4-6-7-8-9-10-18-20(23(27)30-5-2)15-19(16-11-13-17(25)14-12-16)21(22(18)26)24(28)29-3/h11-15,26H,4-10H2,1-3H3. The second kappa shape index (κ2) is 11.7. The summed E-state index contributed by atoms with van der Waals surface area (Å²) >= 11 is 3.39. The molecule has 0 aromatic heterocycles. The van der Waals surface area contributed by atoms with Crippen molar-refractivity contribution < 1.29 is 24.2 Å². The van der Waals surface area contributed by atoms with Crippen molar-refractivity contribution in [1.82, 2.24) is 0 Å². The molecule has 0 aliphatic heterocycles. The molecular formula is C24H29BrO5. The van der Waals surface area contributed by atoms with Gasteiger partial charge in [0, 0.05) is 15.6 Å². The molecule has 6 heteroatoms. The van der Waals surface area contributed by atoms with E-state index in [1.807, 2.05) is 24.3 Å². The van der Waals surface area contributed by atoms with Gasteiger partial charge in [-0.25, -0.2) is 9.59 Å².